The van der Waals surface area contributed by atoms with E-state index in [1.807, 2.05) is 13.8 Å². The number of benzene rings is 1. The predicted molar refractivity (Wildman–Crippen MR) is 60.8 cm³/mol. The molecule has 1 heterocycles. The second-order valence-electron chi connectivity index (χ2n) is 4.58. The van der Waals surface area contributed by atoms with Gasteiger partial charge in [0.2, 0.25) is 0 Å². The molecule has 1 aromatic rings. The van der Waals surface area contributed by atoms with Crippen LogP contribution in [0, 0.1) is 6.92 Å². The fourth-order valence-electron chi connectivity index (χ4n) is 1.77. The van der Waals surface area contributed by atoms with Crippen molar-refractivity contribution in [1.29, 1.82) is 0 Å². The molecular formula is C12H16OS. The number of hydrogen-bond acceptors (Lipinski definition) is 2. The van der Waals surface area contributed by atoms with Crippen LogP contribution in [0.2, 0.25) is 0 Å². The molecule has 1 aliphatic heterocycles. The lowest BCUT2D eigenvalue weighted by Gasteiger charge is -2.23. The zero-order valence-corrected chi connectivity index (χ0v) is 9.69. The third-order valence-electron chi connectivity index (χ3n) is 2.68. The van der Waals surface area contributed by atoms with Gasteiger partial charge in [0.05, 0.1) is 5.60 Å². The van der Waals surface area contributed by atoms with Crippen molar-refractivity contribution in [3.63, 3.8) is 0 Å². The van der Waals surface area contributed by atoms with Gasteiger partial charge in [-0.05, 0) is 38.8 Å². The van der Waals surface area contributed by atoms with Crippen LogP contribution in [0.3, 0.4) is 0 Å². The number of rotatable bonds is 1. The lowest BCUT2D eigenvalue weighted by atomic mass is 9.98. The first kappa shape index (κ1) is 10.1. The Kier molecular flexibility index (Phi) is 2.36. The van der Waals surface area contributed by atoms with Crippen molar-refractivity contribution in [2.75, 3.05) is 0 Å². The molecule has 1 aromatic carbocycles. The van der Waals surface area contributed by atoms with Crippen LogP contribution in [0.1, 0.15) is 25.0 Å². The van der Waals surface area contributed by atoms with Crippen LogP contribution in [-0.4, -0.2) is 16.0 Å². The van der Waals surface area contributed by atoms with Gasteiger partial charge in [-0.1, -0.05) is 17.7 Å². The molecule has 14 heavy (non-hydrogen) atoms. The Morgan fingerprint density at radius 1 is 1.43 bits per heavy atom. The summed E-state index contributed by atoms with van der Waals surface area (Å²) < 4.78 is 0. The van der Waals surface area contributed by atoms with Crippen LogP contribution in [-0.2, 0) is 6.42 Å². The van der Waals surface area contributed by atoms with E-state index in [2.05, 4.69) is 25.1 Å². The van der Waals surface area contributed by atoms with E-state index < -0.39 is 5.60 Å². The Bertz CT molecular complexity index is 352. The van der Waals surface area contributed by atoms with Crippen molar-refractivity contribution >= 4 is 11.8 Å². The van der Waals surface area contributed by atoms with Crippen LogP contribution in [0.5, 0.6) is 0 Å². The Hall–Kier alpha value is -0.470. The largest absolute Gasteiger partial charge is 0.389 e. The first-order valence-electron chi connectivity index (χ1n) is 4.95. The van der Waals surface area contributed by atoms with Gasteiger partial charge in [0.1, 0.15) is 0 Å². The average molecular weight is 208 g/mol. The highest BCUT2D eigenvalue weighted by atomic mass is 32.2. The number of thioether (sulfide) groups is 1. The van der Waals surface area contributed by atoms with E-state index in [-0.39, 0.29) is 0 Å². The molecule has 0 bridgehead atoms. The van der Waals surface area contributed by atoms with Gasteiger partial charge in [0.15, 0.2) is 0 Å². The monoisotopic (exact) mass is 208 g/mol. The second kappa shape index (κ2) is 3.28. The Balaban J connectivity index is 2.26. The van der Waals surface area contributed by atoms with Crippen molar-refractivity contribution < 1.29 is 5.11 Å². The minimum Gasteiger partial charge on any atom is -0.389 e. The highest BCUT2D eigenvalue weighted by Crippen LogP contribution is 2.41. The molecule has 0 spiro atoms. The van der Waals surface area contributed by atoms with Crippen molar-refractivity contribution in [3.8, 4) is 0 Å². The van der Waals surface area contributed by atoms with E-state index in [1.165, 1.54) is 16.0 Å². The Morgan fingerprint density at radius 2 is 2.14 bits per heavy atom. The van der Waals surface area contributed by atoms with E-state index in [4.69, 9.17) is 0 Å². The van der Waals surface area contributed by atoms with E-state index in [9.17, 15) is 5.11 Å². The molecule has 2 rings (SSSR count). The van der Waals surface area contributed by atoms with Crippen LogP contribution < -0.4 is 0 Å². The third kappa shape index (κ3) is 1.82. The summed E-state index contributed by atoms with van der Waals surface area (Å²) in [6.45, 7) is 5.90. The predicted octanol–water partition coefficient (Wildman–Crippen LogP) is 2.78. The van der Waals surface area contributed by atoms with Gasteiger partial charge in [-0.15, -0.1) is 11.8 Å². The maximum Gasteiger partial charge on any atom is 0.0716 e. The van der Waals surface area contributed by atoms with Crippen molar-refractivity contribution in [1.82, 2.24) is 0 Å². The maximum absolute atomic E-state index is 9.94. The third-order valence-corrected chi connectivity index (χ3v) is 4.36. The molecule has 0 aliphatic carbocycles. The van der Waals surface area contributed by atoms with Gasteiger partial charge in [-0.3, -0.25) is 0 Å². The minimum atomic E-state index is -0.586. The summed E-state index contributed by atoms with van der Waals surface area (Å²) in [7, 11) is 0. The SMILES string of the molecule is Cc1ccc2c(c1)CC(C(C)(C)O)S2. The molecule has 2 heteroatoms. The van der Waals surface area contributed by atoms with Crippen LogP contribution in [0.4, 0.5) is 0 Å². The van der Waals surface area contributed by atoms with Gasteiger partial charge < -0.3 is 5.11 Å². The van der Waals surface area contributed by atoms with E-state index in [1.54, 1.807) is 11.8 Å². The molecule has 1 aliphatic rings. The van der Waals surface area contributed by atoms with E-state index in [0.717, 1.165) is 6.42 Å². The average Bonchev–Trinajstić information content (AvgIpc) is 2.45. The maximum atomic E-state index is 9.94. The number of aryl methyl sites for hydroxylation is 1. The summed E-state index contributed by atoms with van der Waals surface area (Å²) in [4.78, 5) is 1.34. The molecule has 0 aromatic heterocycles. The number of aliphatic hydroxyl groups is 1. The highest BCUT2D eigenvalue weighted by molar-refractivity contribution is 8.00. The summed E-state index contributed by atoms with van der Waals surface area (Å²) in [5, 5.41) is 10.2. The highest BCUT2D eigenvalue weighted by Gasteiger charge is 2.33. The fraction of sp³-hybridized carbons (Fsp3) is 0.500. The second-order valence-corrected chi connectivity index (χ2v) is 5.82. The first-order valence-corrected chi connectivity index (χ1v) is 5.83. The van der Waals surface area contributed by atoms with Crippen LogP contribution in [0.25, 0.3) is 0 Å². The molecule has 1 unspecified atom stereocenters. The van der Waals surface area contributed by atoms with Crippen LogP contribution >= 0.6 is 11.8 Å². The van der Waals surface area contributed by atoms with Gasteiger partial charge >= 0.3 is 0 Å². The van der Waals surface area contributed by atoms with Crippen LogP contribution in [0.15, 0.2) is 23.1 Å². The van der Waals surface area contributed by atoms with Crippen molar-refractivity contribution in [3.05, 3.63) is 29.3 Å². The normalized spacial score (nSPS) is 21.0. The van der Waals surface area contributed by atoms with Crippen molar-refractivity contribution in [2.24, 2.45) is 0 Å². The lowest BCUT2D eigenvalue weighted by Crippen LogP contribution is -2.32. The molecule has 0 radical (unpaired) electrons. The molecule has 76 valence electrons. The summed E-state index contributed by atoms with van der Waals surface area (Å²) in [5.74, 6) is 0. The molecular weight excluding hydrogens is 192 g/mol. The standard InChI is InChI=1S/C12H16OS/c1-8-4-5-10-9(6-8)7-11(14-10)12(2,3)13/h4-6,11,13H,7H2,1-3H3. The molecule has 1 atom stereocenters. The summed E-state index contributed by atoms with van der Waals surface area (Å²) >= 11 is 1.80. The molecule has 0 amide bonds. The smallest absolute Gasteiger partial charge is 0.0716 e. The Morgan fingerprint density at radius 3 is 2.79 bits per heavy atom. The summed E-state index contributed by atoms with van der Waals surface area (Å²) in [5.41, 5.74) is 2.11. The zero-order chi connectivity index (χ0) is 10.3. The summed E-state index contributed by atoms with van der Waals surface area (Å²) in [6, 6.07) is 6.54. The van der Waals surface area contributed by atoms with Gasteiger partial charge in [-0.2, -0.15) is 0 Å². The van der Waals surface area contributed by atoms with E-state index in [0.29, 0.717) is 5.25 Å². The topological polar surface area (TPSA) is 20.2 Å². The zero-order valence-electron chi connectivity index (χ0n) is 8.87. The fourth-order valence-corrected chi connectivity index (χ4v) is 3.07. The lowest BCUT2D eigenvalue weighted by molar-refractivity contribution is 0.0786. The molecule has 0 saturated heterocycles. The number of fused-ring (bicyclic) bond motifs is 1. The molecule has 0 fully saturated rings. The number of hydrogen-bond donors (Lipinski definition) is 1. The first-order chi connectivity index (χ1) is 6.47. The molecule has 0 saturated carbocycles. The Labute approximate surface area is 89.5 Å². The molecule has 1 nitrogen and oxygen atoms in total. The summed E-state index contributed by atoms with van der Waals surface area (Å²) in [6.07, 6.45) is 0.991. The quantitative estimate of drug-likeness (QED) is 0.766. The van der Waals surface area contributed by atoms with Gasteiger partial charge in [-0.25, -0.2) is 0 Å². The van der Waals surface area contributed by atoms with Gasteiger partial charge in [0, 0.05) is 10.1 Å². The van der Waals surface area contributed by atoms with Gasteiger partial charge in [0.25, 0.3) is 0 Å². The molecule has 1 N–H and O–H groups in total. The minimum absolute atomic E-state index is 0.305. The van der Waals surface area contributed by atoms with Crippen molar-refractivity contribution in [2.45, 2.75) is 42.9 Å². The van der Waals surface area contributed by atoms with E-state index >= 15 is 0 Å².